The molecule has 0 bridgehead atoms. The van der Waals surface area contributed by atoms with Gasteiger partial charge < -0.3 is 14.5 Å². The van der Waals surface area contributed by atoms with E-state index in [1.807, 2.05) is 18.7 Å². The van der Waals surface area contributed by atoms with E-state index in [0.717, 1.165) is 16.6 Å². The first-order valence-corrected chi connectivity index (χ1v) is 7.45. The summed E-state index contributed by atoms with van der Waals surface area (Å²) in [4.78, 5) is 7.61. The highest BCUT2D eigenvalue weighted by molar-refractivity contribution is 5.94. The zero-order valence-electron chi connectivity index (χ0n) is 11.5. The number of hydrogen-bond donors (Lipinski definition) is 2. The first-order valence-electron chi connectivity index (χ1n) is 7.45. The SMILES string of the molecule is OCc1cn2cnc3[nH]ccc3c2c1C1CCCCC1. The summed E-state index contributed by atoms with van der Waals surface area (Å²) in [6.07, 6.45) is 12.2. The summed E-state index contributed by atoms with van der Waals surface area (Å²) in [5.74, 6) is 0.580. The smallest absolute Gasteiger partial charge is 0.141 e. The van der Waals surface area contributed by atoms with E-state index in [1.54, 1.807) is 0 Å². The van der Waals surface area contributed by atoms with E-state index in [4.69, 9.17) is 0 Å². The molecule has 1 aliphatic carbocycles. The van der Waals surface area contributed by atoms with Crippen molar-refractivity contribution >= 4 is 16.6 Å². The van der Waals surface area contributed by atoms with Crippen LogP contribution in [0, 0.1) is 0 Å². The van der Waals surface area contributed by atoms with E-state index in [2.05, 4.69) is 20.4 Å². The van der Waals surface area contributed by atoms with Crippen LogP contribution < -0.4 is 0 Å². The molecule has 104 valence electrons. The summed E-state index contributed by atoms with van der Waals surface area (Å²) in [5.41, 5.74) is 4.57. The fourth-order valence-electron chi connectivity index (χ4n) is 3.72. The van der Waals surface area contributed by atoms with Crippen molar-refractivity contribution < 1.29 is 5.11 Å². The van der Waals surface area contributed by atoms with Gasteiger partial charge in [-0.2, -0.15) is 0 Å². The first kappa shape index (κ1) is 12.0. The van der Waals surface area contributed by atoms with Gasteiger partial charge >= 0.3 is 0 Å². The largest absolute Gasteiger partial charge is 0.392 e. The Hall–Kier alpha value is -1.81. The van der Waals surface area contributed by atoms with Crippen LogP contribution in [0.1, 0.15) is 49.1 Å². The third kappa shape index (κ3) is 1.68. The van der Waals surface area contributed by atoms with Gasteiger partial charge in [0.1, 0.15) is 12.0 Å². The number of hydrogen-bond acceptors (Lipinski definition) is 2. The van der Waals surface area contributed by atoms with Crippen molar-refractivity contribution in [3.63, 3.8) is 0 Å². The van der Waals surface area contributed by atoms with E-state index < -0.39 is 0 Å². The summed E-state index contributed by atoms with van der Waals surface area (Å²) < 4.78 is 2.08. The number of aliphatic hydroxyl groups is 1. The highest BCUT2D eigenvalue weighted by Crippen LogP contribution is 2.39. The van der Waals surface area contributed by atoms with E-state index in [-0.39, 0.29) is 6.61 Å². The Bertz CT molecular complexity index is 750. The van der Waals surface area contributed by atoms with Gasteiger partial charge in [-0.3, -0.25) is 0 Å². The lowest BCUT2D eigenvalue weighted by atomic mass is 9.82. The Morgan fingerprint density at radius 1 is 1.30 bits per heavy atom. The summed E-state index contributed by atoms with van der Waals surface area (Å²) in [5, 5.41) is 10.9. The van der Waals surface area contributed by atoms with Crippen molar-refractivity contribution in [2.45, 2.75) is 44.6 Å². The molecule has 0 aliphatic heterocycles. The predicted octanol–water partition coefficient (Wildman–Crippen LogP) is 3.36. The lowest BCUT2D eigenvalue weighted by Crippen LogP contribution is -2.06. The minimum atomic E-state index is 0.111. The van der Waals surface area contributed by atoms with Crippen LogP contribution in [0.2, 0.25) is 0 Å². The number of aliphatic hydroxyl groups excluding tert-OH is 1. The highest BCUT2D eigenvalue weighted by Gasteiger charge is 2.23. The molecule has 0 radical (unpaired) electrons. The van der Waals surface area contributed by atoms with Crippen molar-refractivity contribution in [2.24, 2.45) is 0 Å². The van der Waals surface area contributed by atoms with Gasteiger partial charge in [-0.05, 0) is 36.0 Å². The van der Waals surface area contributed by atoms with Crippen LogP contribution in [0.5, 0.6) is 0 Å². The van der Waals surface area contributed by atoms with Gasteiger partial charge in [0.25, 0.3) is 0 Å². The fourth-order valence-corrected chi connectivity index (χ4v) is 3.72. The molecule has 20 heavy (non-hydrogen) atoms. The molecule has 0 atom stereocenters. The van der Waals surface area contributed by atoms with Gasteiger partial charge in [-0.15, -0.1) is 0 Å². The van der Waals surface area contributed by atoms with Crippen molar-refractivity contribution in [1.82, 2.24) is 14.4 Å². The third-order valence-corrected chi connectivity index (χ3v) is 4.63. The lowest BCUT2D eigenvalue weighted by Gasteiger charge is -2.22. The average Bonchev–Trinajstić information content (AvgIpc) is 3.11. The minimum Gasteiger partial charge on any atom is -0.392 e. The molecule has 0 amide bonds. The Morgan fingerprint density at radius 2 is 2.15 bits per heavy atom. The van der Waals surface area contributed by atoms with E-state index in [1.165, 1.54) is 43.2 Å². The van der Waals surface area contributed by atoms with Gasteiger partial charge in [0.05, 0.1) is 12.1 Å². The zero-order chi connectivity index (χ0) is 13.5. The normalized spacial score (nSPS) is 17.2. The molecule has 3 heterocycles. The third-order valence-electron chi connectivity index (χ3n) is 4.63. The maximum Gasteiger partial charge on any atom is 0.141 e. The van der Waals surface area contributed by atoms with Crippen molar-refractivity contribution in [1.29, 1.82) is 0 Å². The molecule has 2 N–H and O–H groups in total. The second-order valence-electron chi connectivity index (χ2n) is 5.80. The van der Waals surface area contributed by atoms with Crippen LogP contribution in [0.25, 0.3) is 16.6 Å². The highest BCUT2D eigenvalue weighted by atomic mass is 16.3. The monoisotopic (exact) mass is 269 g/mol. The molecular formula is C16H19N3O. The molecule has 0 aromatic carbocycles. The fraction of sp³-hybridized carbons (Fsp3) is 0.438. The molecule has 4 nitrogen and oxygen atoms in total. The summed E-state index contributed by atoms with van der Waals surface area (Å²) >= 11 is 0. The molecule has 0 saturated heterocycles. The number of fused-ring (bicyclic) bond motifs is 3. The molecule has 1 aliphatic rings. The van der Waals surface area contributed by atoms with E-state index in [9.17, 15) is 5.11 Å². The Balaban J connectivity index is 2.01. The van der Waals surface area contributed by atoms with Crippen LogP contribution in [0.15, 0.2) is 24.8 Å². The molecule has 4 rings (SSSR count). The number of rotatable bonds is 2. The second-order valence-corrected chi connectivity index (χ2v) is 5.80. The number of nitrogens with one attached hydrogen (secondary N) is 1. The number of aromatic nitrogens is 3. The second kappa shape index (κ2) is 4.63. The van der Waals surface area contributed by atoms with Gasteiger partial charge in [0.15, 0.2) is 0 Å². The predicted molar refractivity (Wildman–Crippen MR) is 78.8 cm³/mol. The standard InChI is InChI=1S/C16H19N3O/c20-9-12-8-19-10-18-16-13(6-7-17-16)15(19)14(12)11-4-2-1-3-5-11/h6-8,10-11,17,20H,1-5,9H2. The Kier molecular flexibility index (Phi) is 2.77. The molecule has 3 aromatic rings. The molecule has 4 heteroatoms. The quantitative estimate of drug-likeness (QED) is 0.749. The maximum atomic E-state index is 9.73. The number of H-pyrrole nitrogens is 1. The first-order chi connectivity index (χ1) is 9.88. The van der Waals surface area contributed by atoms with Crippen LogP contribution in [0.4, 0.5) is 0 Å². The number of aromatic amines is 1. The molecule has 1 saturated carbocycles. The Labute approximate surface area is 117 Å². The van der Waals surface area contributed by atoms with Crippen LogP contribution in [-0.4, -0.2) is 19.5 Å². The molecule has 0 spiro atoms. The van der Waals surface area contributed by atoms with Gasteiger partial charge in [-0.25, -0.2) is 4.98 Å². The molecule has 3 aromatic heterocycles. The van der Waals surface area contributed by atoms with E-state index >= 15 is 0 Å². The van der Waals surface area contributed by atoms with Crippen molar-refractivity contribution in [2.75, 3.05) is 0 Å². The van der Waals surface area contributed by atoms with Gasteiger partial charge in [-0.1, -0.05) is 19.3 Å². The molecule has 1 fully saturated rings. The Morgan fingerprint density at radius 3 is 2.95 bits per heavy atom. The van der Waals surface area contributed by atoms with Crippen molar-refractivity contribution in [3.8, 4) is 0 Å². The lowest BCUT2D eigenvalue weighted by molar-refractivity contribution is 0.279. The van der Waals surface area contributed by atoms with Crippen LogP contribution >= 0.6 is 0 Å². The topological polar surface area (TPSA) is 53.3 Å². The molecule has 0 unspecified atom stereocenters. The zero-order valence-corrected chi connectivity index (χ0v) is 11.5. The summed E-state index contributed by atoms with van der Waals surface area (Å²) in [6.45, 7) is 0.111. The summed E-state index contributed by atoms with van der Waals surface area (Å²) in [6, 6.07) is 2.09. The van der Waals surface area contributed by atoms with Gasteiger partial charge in [0.2, 0.25) is 0 Å². The van der Waals surface area contributed by atoms with Crippen LogP contribution in [0.3, 0.4) is 0 Å². The average molecular weight is 269 g/mol. The van der Waals surface area contributed by atoms with E-state index in [0.29, 0.717) is 5.92 Å². The van der Waals surface area contributed by atoms with Gasteiger partial charge in [0, 0.05) is 17.8 Å². The number of nitrogens with zero attached hydrogens (tertiary/aromatic N) is 2. The molecular weight excluding hydrogens is 250 g/mol. The summed E-state index contributed by atoms with van der Waals surface area (Å²) in [7, 11) is 0. The maximum absolute atomic E-state index is 9.73. The van der Waals surface area contributed by atoms with Crippen molar-refractivity contribution in [3.05, 3.63) is 35.9 Å². The van der Waals surface area contributed by atoms with Crippen LogP contribution in [-0.2, 0) is 6.61 Å². The minimum absolute atomic E-state index is 0.111.